The van der Waals surface area contributed by atoms with E-state index in [1.807, 2.05) is 51.1 Å². The minimum Gasteiger partial charge on any atom is -0.467 e. The van der Waals surface area contributed by atoms with E-state index in [0.717, 1.165) is 27.1 Å². The molecule has 5 heteroatoms. The molecule has 0 bridgehead atoms. The zero-order valence-electron chi connectivity index (χ0n) is 16.4. The highest BCUT2D eigenvalue weighted by atomic mass is 32.1. The Bertz CT molecular complexity index is 1120. The van der Waals surface area contributed by atoms with Crippen molar-refractivity contribution in [3.8, 4) is 0 Å². The van der Waals surface area contributed by atoms with Crippen molar-refractivity contribution < 1.29 is 9.21 Å². The number of thiazole rings is 1. The van der Waals surface area contributed by atoms with E-state index in [0.29, 0.717) is 17.2 Å². The van der Waals surface area contributed by atoms with Gasteiger partial charge in [-0.15, -0.1) is 0 Å². The number of benzene rings is 2. The molecule has 0 aliphatic rings. The fourth-order valence-electron chi connectivity index (χ4n) is 3.18. The number of carbonyl (C=O) groups excluding carboxylic acids is 1. The lowest BCUT2D eigenvalue weighted by Crippen LogP contribution is -2.30. The molecule has 0 atom stereocenters. The van der Waals surface area contributed by atoms with Crippen LogP contribution in [0.3, 0.4) is 0 Å². The minimum absolute atomic E-state index is 0.0751. The van der Waals surface area contributed by atoms with E-state index in [2.05, 4.69) is 19.1 Å². The normalized spacial score (nSPS) is 11.1. The number of amides is 1. The van der Waals surface area contributed by atoms with Crippen LogP contribution in [-0.4, -0.2) is 10.9 Å². The van der Waals surface area contributed by atoms with Gasteiger partial charge in [-0.1, -0.05) is 29.5 Å². The SMILES string of the molecule is Cc1ccc(C(=O)N(Cc2ccco2)c2nc3c(C)ccc(C)c3s2)cc1C. The summed E-state index contributed by atoms with van der Waals surface area (Å²) in [7, 11) is 0. The van der Waals surface area contributed by atoms with Gasteiger partial charge >= 0.3 is 0 Å². The van der Waals surface area contributed by atoms with E-state index in [-0.39, 0.29) is 5.91 Å². The van der Waals surface area contributed by atoms with Crippen molar-refractivity contribution in [2.24, 2.45) is 0 Å². The molecule has 0 N–H and O–H groups in total. The Hall–Kier alpha value is -2.92. The topological polar surface area (TPSA) is 46.3 Å². The van der Waals surface area contributed by atoms with Crippen LogP contribution in [0, 0.1) is 27.7 Å². The Morgan fingerprint density at radius 3 is 2.43 bits per heavy atom. The molecule has 0 unspecified atom stereocenters. The van der Waals surface area contributed by atoms with Crippen LogP contribution in [0.4, 0.5) is 5.13 Å². The average Bonchev–Trinajstić information content (AvgIpc) is 3.35. The summed E-state index contributed by atoms with van der Waals surface area (Å²) in [6, 6.07) is 13.7. The molecule has 2 heterocycles. The molecule has 28 heavy (non-hydrogen) atoms. The monoisotopic (exact) mass is 390 g/mol. The molecule has 2 aromatic heterocycles. The van der Waals surface area contributed by atoms with Gasteiger partial charge < -0.3 is 4.42 Å². The molecular formula is C23H22N2O2S. The number of anilines is 1. The quantitative estimate of drug-likeness (QED) is 0.431. The summed E-state index contributed by atoms with van der Waals surface area (Å²) in [5, 5.41) is 0.687. The Labute approximate surface area is 168 Å². The minimum atomic E-state index is -0.0751. The molecule has 0 radical (unpaired) electrons. The maximum Gasteiger partial charge on any atom is 0.260 e. The lowest BCUT2D eigenvalue weighted by atomic mass is 10.1. The second-order valence-electron chi connectivity index (χ2n) is 7.14. The van der Waals surface area contributed by atoms with E-state index in [1.165, 1.54) is 11.1 Å². The molecule has 0 fully saturated rings. The summed E-state index contributed by atoms with van der Waals surface area (Å²) >= 11 is 1.55. The predicted molar refractivity (Wildman–Crippen MR) is 114 cm³/mol. The molecule has 0 aliphatic heterocycles. The van der Waals surface area contributed by atoms with Crippen LogP contribution in [-0.2, 0) is 6.54 Å². The number of nitrogens with zero attached hydrogens (tertiary/aromatic N) is 2. The first kappa shape index (κ1) is 18.4. The molecule has 4 aromatic rings. The van der Waals surface area contributed by atoms with Gasteiger partial charge in [-0.25, -0.2) is 4.98 Å². The average molecular weight is 391 g/mol. The first-order valence-electron chi connectivity index (χ1n) is 9.22. The zero-order chi connectivity index (χ0) is 19.8. The highest BCUT2D eigenvalue weighted by molar-refractivity contribution is 7.22. The number of aryl methyl sites for hydroxylation is 4. The van der Waals surface area contributed by atoms with E-state index >= 15 is 0 Å². The van der Waals surface area contributed by atoms with Crippen LogP contribution in [0.1, 0.15) is 38.4 Å². The van der Waals surface area contributed by atoms with Crippen molar-refractivity contribution in [1.82, 2.24) is 4.98 Å². The fourth-order valence-corrected chi connectivity index (χ4v) is 4.29. The van der Waals surface area contributed by atoms with Crippen molar-refractivity contribution >= 4 is 32.6 Å². The van der Waals surface area contributed by atoms with Gasteiger partial charge in [0.2, 0.25) is 0 Å². The number of carbonyl (C=O) groups is 1. The molecule has 4 nitrogen and oxygen atoms in total. The summed E-state index contributed by atoms with van der Waals surface area (Å²) in [4.78, 5) is 20.0. The van der Waals surface area contributed by atoms with Crippen molar-refractivity contribution in [2.45, 2.75) is 34.2 Å². The Kier molecular flexibility index (Phi) is 4.77. The van der Waals surface area contributed by atoms with Gasteiger partial charge in [-0.3, -0.25) is 9.69 Å². The molecule has 0 spiro atoms. The summed E-state index contributed by atoms with van der Waals surface area (Å²) in [5.41, 5.74) is 6.15. The summed E-state index contributed by atoms with van der Waals surface area (Å²) in [5.74, 6) is 0.652. The van der Waals surface area contributed by atoms with Crippen molar-refractivity contribution in [1.29, 1.82) is 0 Å². The van der Waals surface area contributed by atoms with E-state index in [1.54, 1.807) is 22.5 Å². The summed E-state index contributed by atoms with van der Waals surface area (Å²) in [6.45, 7) is 8.53. The first-order valence-corrected chi connectivity index (χ1v) is 10.0. The third-order valence-electron chi connectivity index (χ3n) is 5.05. The van der Waals surface area contributed by atoms with Gasteiger partial charge in [0.1, 0.15) is 5.76 Å². The van der Waals surface area contributed by atoms with Crippen LogP contribution in [0.25, 0.3) is 10.2 Å². The van der Waals surface area contributed by atoms with Crippen LogP contribution >= 0.6 is 11.3 Å². The van der Waals surface area contributed by atoms with E-state index in [4.69, 9.17) is 9.40 Å². The number of fused-ring (bicyclic) bond motifs is 1. The van der Waals surface area contributed by atoms with Crippen LogP contribution in [0.5, 0.6) is 0 Å². The van der Waals surface area contributed by atoms with Crippen LogP contribution < -0.4 is 4.90 Å². The van der Waals surface area contributed by atoms with Gasteiger partial charge in [0, 0.05) is 5.56 Å². The number of hydrogen-bond donors (Lipinski definition) is 0. The third kappa shape index (κ3) is 3.34. The molecule has 1 amide bonds. The number of furan rings is 1. The summed E-state index contributed by atoms with van der Waals surface area (Å²) < 4.78 is 6.64. The van der Waals surface area contributed by atoms with Gasteiger partial charge in [-0.2, -0.15) is 0 Å². The maximum atomic E-state index is 13.4. The molecule has 4 rings (SSSR count). The number of hydrogen-bond acceptors (Lipinski definition) is 4. The van der Waals surface area contributed by atoms with Crippen LogP contribution in [0.15, 0.2) is 53.1 Å². The fraction of sp³-hybridized carbons (Fsp3) is 0.217. The third-order valence-corrected chi connectivity index (χ3v) is 6.27. The molecule has 142 valence electrons. The molecule has 0 aliphatic carbocycles. The Morgan fingerprint density at radius 1 is 1.00 bits per heavy atom. The number of rotatable bonds is 4. The lowest BCUT2D eigenvalue weighted by Gasteiger charge is -2.19. The van der Waals surface area contributed by atoms with Crippen LogP contribution in [0.2, 0.25) is 0 Å². The zero-order valence-corrected chi connectivity index (χ0v) is 17.3. The molecule has 0 saturated carbocycles. The number of aromatic nitrogens is 1. The highest BCUT2D eigenvalue weighted by Gasteiger charge is 2.23. The van der Waals surface area contributed by atoms with Crippen molar-refractivity contribution in [2.75, 3.05) is 4.90 Å². The smallest absolute Gasteiger partial charge is 0.260 e. The Morgan fingerprint density at radius 2 is 1.75 bits per heavy atom. The van der Waals surface area contributed by atoms with E-state index < -0.39 is 0 Å². The van der Waals surface area contributed by atoms with Gasteiger partial charge in [0.25, 0.3) is 5.91 Å². The first-order chi connectivity index (χ1) is 13.4. The highest BCUT2D eigenvalue weighted by Crippen LogP contribution is 2.34. The molecule has 2 aromatic carbocycles. The predicted octanol–water partition coefficient (Wildman–Crippen LogP) is 5.97. The van der Waals surface area contributed by atoms with Gasteiger partial charge in [0.05, 0.1) is 23.0 Å². The standard InChI is InChI=1S/C23H22N2O2S/c1-14-9-10-18(12-17(14)4)22(26)25(13-19-6-5-11-27-19)23-24-20-15(2)7-8-16(3)21(20)28-23/h5-12H,13H2,1-4H3. The second kappa shape index (κ2) is 7.24. The largest absolute Gasteiger partial charge is 0.467 e. The Balaban J connectivity index is 1.81. The molecular weight excluding hydrogens is 368 g/mol. The summed E-state index contributed by atoms with van der Waals surface area (Å²) in [6.07, 6.45) is 1.63. The lowest BCUT2D eigenvalue weighted by molar-refractivity contribution is 0.0983. The van der Waals surface area contributed by atoms with Crippen molar-refractivity contribution in [3.63, 3.8) is 0 Å². The maximum absolute atomic E-state index is 13.4. The second-order valence-corrected chi connectivity index (χ2v) is 8.12. The van der Waals surface area contributed by atoms with E-state index in [9.17, 15) is 4.79 Å². The molecule has 0 saturated heterocycles. The van der Waals surface area contributed by atoms with Gasteiger partial charge in [0.15, 0.2) is 5.13 Å². The van der Waals surface area contributed by atoms with Gasteiger partial charge in [-0.05, 0) is 74.2 Å². The van der Waals surface area contributed by atoms with Crippen molar-refractivity contribution in [3.05, 3.63) is 82.3 Å².